The second-order valence-corrected chi connectivity index (χ2v) is 8.48. The van der Waals surface area contributed by atoms with Crippen molar-refractivity contribution in [2.24, 2.45) is 0 Å². The van der Waals surface area contributed by atoms with Gasteiger partial charge in [-0.2, -0.15) is 0 Å². The molecular weight excluding hydrogens is 400 g/mol. The first kappa shape index (κ1) is 20.2. The second kappa shape index (κ2) is 8.08. The fourth-order valence-electron chi connectivity index (χ4n) is 4.69. The third-order valence-corrected chi connectivity index (χ3v) is 6.38. The molecule has 1 aliphatic carbocycles. The van der Waals surface area contributed by atoms with Gasteiger partial charge in [0.15, 0.2) is 0 Å². The van der Waals surface area contributed by atoms with Crippen molar-refractivity contribution in [2.75, 3.05) is 4.90 Å². The third-order valence-electron chi connectivity index (χ3n) is 6.38. The second-order valence-electron chi connectivity index (χ2n) is 8.48. The van der Waals surface area contributed by atoms with Crippen LogP contribution >= 0.6 is 0 Å². The van der Waals surface area contributed by atoms with Crippen LogP contribution in [0, 0.1) is 6.92 Å². The van der Waals surface area contributed by atoms with Gasteiger partial charge in [-0.1, -0.05) is 35.9 Å². The van der Waals surface area contributed by atoms with E-state index < -0.39 is 17.7 Å². The van der Waals surface area contributed by atoms with E-state index in [-0.39, 0.29) is 11.3 Å². The molecule has 5 heteroatoms. The average molecular weight is 425 g/mol. The monoisotopic (exact) mass is 424 g/mol. The number of Topliss-reactive ketones (excluding diaryl/α,β-unsaturated/α-hetero) is 1. The summed E-state index contributed by atoms with van der Waals surface area (Å²) >= 11 is 0. The van der Waals surface area contributed by atoms with E-state index in [0.717, 1.165) is 24.8 Å². The fraction of sp³-hybridized carbons (Fsp3) is 0.222. The molecule has 1 unspecified atom stereocenters. The molecule has 3 aromatic rings. The van der Waals surface area contributed by atoms with E-state index in [4.69, 9.17) is 0 Å². The highest BCUT2D eigenvalue weighted by molar-refractivity contribution is 6.51. The van der Waals surface area contributed by atoms with Crippen LogP contribution < -0.4 is 4.90 Å². The summed E-state index contributed by atoms with van der Waals surface area (Å²) in [5.41, 5.74) is 5.49. The fourth-order valence-corrected chi connectivity index (χ4v) is 4.69. The lowest BCUT2D eigenvalue weighted by Gasteiger charge is -2.25. The smallest absolute Gasteiger partial charge is 0.300 e. The molecule has 1 amide bonds. The number of fused-ring (bicyclic) bond motifs is 1. The van der Waals surface area contributed by atoms with Gasteiger partial charge < -0.3 is 5.11 Å². The zero-order valence-corrected chi connectivity index (χ0v) is 17.9. The summed E-state index contributed by atoms with van der Waals surface area (Å²) in [6, 6.07) is 16.1. The maximum atomic E-state index is 13.2. The number of carbonyl (C=O) groups excluding carboxylic acids is 2. The molecule has 5 rings (SSSR count). The van der Waals surface area contributed by atoms with Crippen molar-refractivity contribution in [3.63, 3.8) is 0 Å². The lowest BCUT2D eigenvalue weighted by atomic mass is 9.89. The highest BCUT2D eigenvalue weighted by Gasteiger charge is 2.47. The number of anilines is 1. The minimum Gasteiger partial charge on any atom is -0.507 e. The summed E-state index contributed by atoms with van der Waals surface area (Å²) in [5, 5.41) is 11.3. The molecule has 1 aliphatic heterocycles. The lowest BCUT2D eigenvalue weighted by molar-refractivity contribution is -0.132. The van der Waals surface area contributed by atoms with Crippen LogP contribution in [0.2, 0.25) is 0 Å². The van der Waals surface area contributed by atoms with Gasteiger partial charge in [-0.25, -0.2) is 0 Å². The van der Waals surface area contributed by atoms with E-state index in [0.29, 0.717) is 16.8 Å². The molecule has 5 nitrogen and oxygen atoms in total. The van der Waals surface area contributed by atoms with Crippen LogP contribution in [0.4, 0.5) is 5.69 Å². The number of hydrogen-bond acceptors (Lipinski definition) is 4. The molecule has 0 radical (unpaired) electrons. The van der Waals surface area contributed by atoms with Crippen molar-refractivity contribution in [2.45, 2.75) is 38.6 Å². The molecule has 160 valence electrons. The number of aliphatic hydroxyl groups excluding tert-OH is 1. The van der Waals surface area contributed by atoms with Crippen molar-refractivity contribution in [1.29, 1.82) is 0 Å². The highest BCUT2D eigenvalue weighted by atomic mass is 16.3. The number of hydrogen-bond donors (Lipinski definition) is 1. The Kier molecular flexibility index (Phi) is 5.10. The summed E-state index contributed by atoms with van der Waals surface area (Å²) in [5.74, 6) is -1.47. The lowest BCUT2D eigenvalue weighted by Crippen LogP contribution is -2.29. The molecule has 2 heterocycles. The maximum absolute atomic E-state index is 13.2. The van der Waals surface area contributed by atoms with Gasteiger partial charge in [0.05, 0.1) is 11.6 Å². The van der Waals surface area contributed by atoms with Crippen molar-refractivity contribution in [3.8, 4) is 0 Å². The number of aliphatic hydroxyl groups is 1. The van der Waals surface area contributed by atoms with Crippen molar-refractivity contribution >= 4 is 23.1 Å². The number of nitrogens with zero attached hydrogens (tertiary/aromatic N) is 2. The molecule has 0 spiro atoms. The van der Waals surface area contributed by atoms with E-state index >= 15 is 0 Å². The first-order valence-corrected chi connectivity index (χ1v) is 10.9. The minimum atomic E-state index is -0.748. The average Bonchev–Trinajstić information content (AvgIpc) is 3.10. The largest absolute Gasteiger partial charge is 0.507 e. The third kappa shape index (κ3) is 3.40. The summed E-state index contributed by atoms with van der Waals surface area (Å²) in [6.45, 7) is 1.96. The topological polar surface area (TPSA) is 70.5 Å². The molecule has 1 saturated heterocycles. The number of pyridine rings is 1. The predicted octanol–water partition coefficient (Wildman–Crippen LogP) is 4.90. The summed E-state index contributed by atoms with van der Waals surface area (Å²) in [6.07, 6.45) is 7.55. The molecule has 0 bridgehead atoms. The van der Waals surface area contributed by atoms with Crippen LogP contribution in [0.1, 0.15) is 46.7 Å². The van der Waals surface area contributed by atoms with Crippen LogP contribution in [-0.4, -0.2) is 21.8 Å². The number of amides is 1. The highest BCUT2D eigenvalue weighted by Crippen LogP contribution is 2.42. The van der Waals surface area contributed by atoms with Crippen LogP contribution in [0.3, 0.4) is 0 Å². The first-order chi connectivity index (χ1) is 15.5. The Balaban J connectivity index is 1.68. The van der Waals surface area contributed by atoms with Gasteiger partial charge in [0.2, 0.25) is 0 Å². The van der Waals surface area contributed by atoms with Crippen LogP contribution in [0.25, 0.3) is 5.76 Å². The molecular formula is C27H24N2O3. The number of benzene rings is 2. The van der Waals surface area contributed by atoms with E-state index in [1.165, 1.54) is 22.4 Å². The van der Waals surface area contributed by atoms with Crippen LogP contribution in [-0.2, 0) is 22.4 Å². The Morgan fingerprint density at radius 1 is 1.00 bits per heavy atom. The molecule has 0 saturated carbocycles. The predicted molar refractivity (Wildman–Crippen MR) is 123 cm³/mol. The number of carbonyl (C=O) groups is 2. The van der Waals surface area contributed by atoms with Gasteiger partial charge in [0.25, 0.3) is 11.7 Å². The number of rotatable bonds is 3. The van der Waals surface area contributed by atoms with Crippen molar-refractivity contribution < 1.29 is 14.7 Å². The van der Waals surface area contributed by atoms with Crippen LogP contribution in [0.5, 0.6) is 0 Å². The SMILES string of the molecule is Cc1ccc(N2C(=O)C(=O)/C(=C(\O)c3ccc4c(c3)CCCC4)C2c2cccnc2)cc1. The molecule has 2 aliphatic rings. The van der Waals surface area contributed by atoms with E-state index in [9.17, 15) is 14.7 Å². The van der Waals surface area contributed by atoms with Gasteiger partial charge >= 0.3 is 0 Å². The van der Waals surface area contributed by atoms with Gasteiger partial charge in [0, 0.05) is 23.6 Å². The molecule has 32 heavy (non-hydrogen) atoms. The van der Waals surface area contributed by atoms with E-state index in [2.05, 4.69) is 4.98 Å². The van der Waals surface area contributed by atoms with Crippen molar-refractivity contribution in [1.82, 2.24) is 4.98 Å². The van der Waals surface area contributed by atoms with Gasteiger partial charge in [-0.15, -0.1) is 0 Å². The van der Waals surface area contributed by atoms with Crippen molar-refractivity contribution in [3.05, 3.63) is 100 Å². The first-order valence-electron chi connectivity index (χ1n) is 10.9. The zero-order chi connectivity index (χ0) is 22.2. The van der Waals surface area contributed by atoms with Gasteiger partial charge in [-0.05, 0) is 73.6 Å². The summed E-state index contributed by atoms with van der Waals surface area (Å²) < 4.78 is 0. The normalized spacial score (nSPS) is 19.8. The Hall–Kier alpha value is -3.73. The Bertz CT molecular complexity index is 1230. The molecule has 1 atom stereocenters. The Labute approximate surface area is 187 Å². The summed E-state index contributed by atoms with van der Waals surface area (Å²) in [4.78, 5) is 32.0. The molecule has 1 N–H and O–H groups in total. The molecule has 1 aromatic heterocycles. The molecule has 1 fully saturated rings. The van der Waals surface area contributed by atoms with Crippen LogP contribution in [0.15, 0.2) is 72.6 Å². The number of ketones is 1. The summed E-state index contributed by atoms with van der Waals surface area (Å²) in [7, 11) is 0. The van der Waals surface area contributed by atoms with Gasteiger partial charge in [-0.3, -0.25) is 19.5 Å². The number of aryl methyl sites for hydroxylation is 3. The number of aromatic nitrogens is 1. The van der Waals surface area contributed by atoms with Gasteiger partial charge in [0.1, 0.15) is 5.76 Å². The Morgan fingerprint density at radius 2 is 1.75 bits per heavy atom. The molecule has 2 aromatic carbocycles. The van der Waals surface area contributed by atoms with E-state index in [1.54, 1.807) is 18.5 Å². The maximum Gasteiger partial charge on any atom is 0.300 e. The quantitative estimate of drug-likeness (QED) is 0.369. The zero-order valence-electron chi connectivity index (χ0n) is 17.9. The standard InChI is InChI=1S/C27H24N2O3/c1-17-8-12-22(13-9-17)29-24(21-7-4-14-28-16-21)23(26(31)27(29)32)25(30)20-11-10-18-5-2-3-6-19(18)15-20/h4,7-16,24,30H,2-3,5-6H2,1H3/b25-23-. The van der Waals surface area contributed by atoms with E-state index in [1.807, 2.05) is 55.5 Å². The minimum absolute atomic E-state index is 0.0966. The Morgan fingerprint density at radius 3 is 2.47 bits per heavy atom.